The van der Waals surface area contributed by atoms with Gasteiger partial charge in [-0.1, -0.05) is 0 Å². The molecule has 0 aliphatic heterocycles. The van der Waals surface area contributed by atoms with E-state index in [1.165, 1.54) is 10.4 Å². The molecule has 0 saturated heterocycles. The van der Waals surface area contributed by atoms with Crippen molar-refractivity contribution in [2.24, 2.45) is 0 Å². The molecule has 0 bridgehead atoms. The van der Waals surface area contributed by atoms with Crippen LogP contribution in [0.2, 0.25) is 0 Å². The van der Waals surface area contributed by atoms with Crippen molar-refractivity contribution < 1.29 is 0 Å². The summed E-state index contributed by atoms with van der Waals surface area (Å²) in [6, 6.07) is 0. The second-order valence-electron chi connectivity index (χ2n) is 5.90. The number of hydrogen-bond acceptors (Lipinski definition) is 4. The predicted molar refractivity (Wildman–Crippen MR) is 79.5 cm³/mol. The molecule has 1 N–H and O–H groups in total. The van der Waals surface area contributed by atoms with Crippen molar-refractivity contribution >= 4 is 11.3 Å². The van der Waals surface area contributed by atoms with Gasteiger partial charge in [0.25, 0.3) is 0 Å². The molecule has 2 rings (SSSR count). The van der Waals surface area contributed by atoms with Crippen LogP contribution in [0.15, 0.2) is 12.4 Å². The molecule has 104 valence electrons. The maximum absolute atomic E-state index is 4.54. The quantitative estimate of drug-likeness (QED) is 0.935. The van der Waals surface area contributed by atoms with Crippen LogP contribution in [0.4, 0.5) is 0 Å². The third-order valence-corrected chi connectivity index (χ3v) is 3.94. The second kappa shape index (κ2) is 5.43. The summed E-state index contributed by atoms with van der Waals surface area (Å²) in [6.45, 7) is 12.3. The highest BCUT2D eigenvalue weighted by Gasteiger charge is 2.10. The van der Waals surface area contributed by atoms with Crippen LogP contribution in [0.5, 0.6) is 0 Å². The van der Waals surface area contributed by atoms with Crippen molar-refractivity contribution in [1.82, 2.24) is 20.1 Å². The van der Waals surface area contributed by atoms with E-state index in [0.717, 1.165) is 23.8 Å². The Kier molecular flexibility index (Phi) is 4.06. The van der Waals surface area contributed by atoms with E-state index in [1.54, 1.807) is 11.3 Å². The fourth-order valence-corrected chi connectivity index (χ4v) is 2.62. The van der Waals surface area contributed by atoms with E-state index in [4.69, 9.17) is 0 Å². The van der Waals surface area contributed by atoms with Crippen LogP contribution in [-0.2, 0) is 13.1 Å². The molecule has 0 aliphatic carbocycles. The van der Waals surface area contributed by atoms with E-state index in [0.29, 0.717) is 0 Å². The zero-order valence-electron chi connectivity index (χ0n) is 12.3. The zero-order valence-corrected chi connectivity index (χ0v) is 13.1. The smallest absolute Gasteiger partial charge is 0.115 e. The summed E-state index contributed by atoms with van der Waals surface area (Å²) in [4.78, 5) is 5.83. The number of nitrogens with zero attached hydrogens (tertiary/aromatic N) is 3. The van der Waals surface area contributed by atoms with E-state index >= 15 is 0 Å². The molecule has 0 spiro atoms. The highest BCUT2D eigenvalue weighted by atomic mass is 32.1. The van der Waals surface area contributed by atoms with Gasteiger partial charge in [-0.05, 0) is 34.6 Å². The summed E-state index contributed by atoms with van der Waals surface area (Å²) in [5.41, 5.74) is 2.47. The Morgan fingerprint density at radius 2 is 2.05 bits per heavy atom. The molecule has 2 aromatic rings. The molecule has 0 unspecified atom stereocenters. The average molecular weight is 278 g/mol. The van der Waals surface area contributed by atoms with Crippen molar-refractivity contribution in [3.8, 4) is 0 Å². The molecular formula is C14H22N4S. The first-order valence-corrected chi connectivity index (χ1v) is 7.34. The third kappa shape index (κ3) is 4.14. The van der Waals surface area contributed by atoms with E-state index in [2.05, 4.69) is 56.2 Å². The Labute approximate surface area is 118 Å². The van der Waals surface area contributed by atoms with E-state index in [1.807, 2.05) is 10.9 Å². The standard InChI is InChI=1S/C14H22N4S/c1-10-11(2)19-13(17-10)9-18-8-12(7-16-18)6-15-14(3,4)5/h7-8,15H,6,9H2,1-5H3. The van der Waals surface area contributed by atoms with E-state index in [9.17, 15) is 0 Å². The van der Waals surface area contributed by atoms with Gasteiger partial charge >= 0.3 is 0 Å². The minimum atomic E-state index is 0.131. The molecular weight excluding hydrogens is 256 g/mol. The van der Waals surface area contributed by atoms with Crippen molar-refractivity contribution in [3.05, 3.63) is 33.5 Å². The van der Waals surface area contributed by atoms with Gasteiger partial charge in [0, 0.05) is 28.7 Å². The molecule has 19 heavy (non-hydrogen) atoms. The Morgan fingerprint density at radius 3 is 2.63 bits per heavy atom. The van der Waals surface area contributed by atoms with Gasteiger partial charge in [0.05, 0.1) is 18.4 Å². The maximum Gasteiger partial charge on any atom is 0.115 e. The van der Waals surface area contributed by atoms with Crippen LogP contribution in [0.25, 0.3) is 0 Å². The zero-order chi connectivity index (χ0) is 14.0. The minimum Gasteiger partial charge on any atom is -0.308 e. The van der Waals surface area contributed by atoms with E-state index in [-0.39, 0.29) is 5.54 Å². The highest BCUT2D eigenvalue weighted by molar-refractivity contribution is 7.11. The largest absolute Gasteiger partial charge is 0.308 e. The molecule has 5 heteroatoms. The van der Waals surface area contributed by atoms with Crippen molar-refractivity contribution in [3.63, 3.8) is 0 Å². The number of rotatable bonds is 4. The SMILES string of the molecule is Cc1nc(Cn2cc(CNC(C)(C)C)cn2)sc1C. The third-order valence-electron chi connectivity index (χ3n) is 2.88. The van der Waals surface area contributed by atoms with Crippen molar-refractivity contribution in [2.45, 2.75) is 53.2 Å². The maximum atomic E-state index is 4.54. The van der Waals surface area contributed by atoms with Crippen LogP contribution in [0, 0.1) is 13.8 Å². The van der Waals surface area contributed by atoms with E-state index < -0.39 is 0 Å². The average Bonchev–Trinajstić information content (AvgIpc) is 2.84. The lowest BCUT2D eigenvalue weighted by molar-refractivity contribution is 0.424. The molecule has 2 heterocycles. The van der Waals surface area contributed by atoms with Gasteiger partial charge in [0.2, 0.25) is 0 Å². The van der Waals surface area contributed by atoms with Crippen molar-refractivity contribution in [2.75, 3.05) is 0 Å². The van der Waals surface area contributed by atoms with Crippen LogP contribution >= 0.6 is 11.3 Å². The summed E-state index contributed by atoms with van der Waals surface area (Å²) in [5, 5.41) is 8.98. The van der Waals surface area contributed by atoms with Crippen LogP contribution in [0.1, 0.15) is 41.9 Å². The van der Waals surface area contributed by atoms with Crippen LogP contribution in [-0.4, -0.2) is 20.3 Å². The fourth-order valence-electron chi connectivity index (χ4n) is 1.70. The normalized spacial score (nSPS) is 12.1. The monoisotopic (exact) mass is 278 g/mol. The lowest BCUT2D eigenvalue weighted by Crippen LogP contribution is -2.34. The molecule has 2 aromatic heterocycles. The van der Waals surface area contributed by atoms with Crippen molar-refractivity contribution in [1.29, 1.82) is 0 Å². The molecule has 0 fully saturated rings. The molecule has 0 radical (unpaired) electrons. The lowest BCUT2D eigenvalue weighted by Gasteiger charge is -2.19. The van der Waals surface area contributed by atoms with Gasteiger partial charge in [0.1, 0.15) is 5.01 Å². The minimum absolute atomic E-state index is 0.131. The fraction of sp³-hybridized carbons (Fsp3) is 0.571. The van der Waals surface area contributed by atoms with Gasteiger partial charge in [0.15, 0.2) is 0 Å². The van der Waals surface area contributed by atoms with Gasteiger partial charge < -0.3 is 5.32 Å². The number of nitrogens with one attached hydrogen (secondary N) is 1. The number of aryl methyl sites for hydroxylation is 2. The molecule has 0 amide bonds. The summed E-state index contributed by atoms with van der Waals surface area (Å²) in [7, 11) is 0. The molecule has 4 nitrogen and oxygen atoms in total. The number of aromatic nitrogens is 3. The second-order valence-corrected chi connectivity index (χ2v) is 7.19. The topological polar surface area (TPSA) is 42.7 Å². The summed E-state index contributed by atoms with van der Waals surface area (Å²) in [5.74, 6) is 0. The first kappa shape index (κ1) is 14.2. The first-order chi connectivity index (χ1) is 8.83. The van der Waals surface area contributed by atoms with Gasteiger partial charge in [-0.15, -0.1) is 11.3 Å². The lowest BCUT2D eigenvalue weighted by atomic mass is 10.1. The predicted octanol–water partition coefficient (Wildman–Crippen LogP) is 2.89. The Balaban J connectivity index is 1.97. The molecule has 0 atom stereocenters. The molecule has 0 saturated carbocycles. The van der Waals surface area contributed by atoms with Crippen LogP contribution < -0.4 is 5.32 Å². The van der Waals surface area contributed by atoms with Gasteiger partial charge in [-0.25, -0.2) is 4.98 Å². The summed E-state index contributed by atoms with van der Waals surface area (Å²) >= 11 is 1.75. The molecule has 0 aliphatic rings. The highest BCUT2D eigenvalue weighted by Crippen LogP contribution is 2.17. The van der Waals surface area contributed by atoms with Gasteiger partial charge in [-0.2, -0.15) is 5.10 Å². The van der Waals surface area contributed by atoms with Gasteiger partial charge in [-0.3, -0.25) is 4.68 Å². The number of hydrogen-bond donors (Lipinski definition) is 1. The Morgan fingerprint density at radius 1 is 1.32 bits per heavy atom. The first-order valence-electron chi connectivity index (χ1n) is 6.53. The number of thiazole rings is 1. The Hall–Kier alpha value is -1.20. The summed E-state index contributed by atoms with van der Waals surface area (Å²) in [6.07, 6.45) is 4.01. The molecule has 0 aromatic carbocycles. The summed E-state index contributed by atoms with van der Waals surface area (Å²) < 4.78 is 1.96. The van der Waals surface area contributed by atoms with Crippen LogP contribution in [0.3, 0.4) is 0 Å². The Bertz CT molecular complexity index is 529.